The highest BCUT2D eigenvalue weighted by atomic mass is 35.5. The molecule has 0 saturated carbocycles. The fourth-order valence-electron chi connectivity index (χ4n) is 3.42. The van der Waals surface area contributed by atoms with Crippen molar-refractivity contribution in [2.24, 2.45) is 0 Å². The average Bonchev–Trinajstić information content (AvgIpc) is 2.84. The van der Waals surface area contributed by atoms with Gasteiger partial charge in [-0.15, -0.1) is 12.4 Å². The third kappa shape index (κ3) is 5.72. The van der Waals surface area contributed by atoms with E-state index in [1.165, 1.54) is 18.3 Å². The summed E-state index contributed by atoms with van der Waals surface area (Å²) >= 11 is 6.43. The highest BCUT2D eigenvalue weighted by molar-refractivity contribution is 6.32. The van der Waals surface area contributed by atoms with Crippen molar-refractivity contribution in [2.45, 2.75) is 13.5 Å². The number of nitro benzene ring substituents is 1. The van der Waals surface area contributed by atoms with Gasteiger partial charge < -0.3 is 14.8 Å². The van der Waals surface area contributed by atoms with E-state index in [0.29, 0.717) is 39.7 Å². The van der Waals surface area contributed by atoms with E-state index >= 15 is 0 Å². The molecule has 3 aromatic carbocycles. The molecule has 4 aromatic rings. The van der Waals surface area contributed by atoms with Gasteiger partial charge in [0.1, 0.15) is 18.4 Å². The summed E-state index contributed by atoms with van der Waals surface area (Å²) < 4.78 is 11.2. The van der Waals surface area contributed by atoms with E-state index in [4.69, 9.17) is 21.1 Å². The van der Waals surface area contributed by atoms with E-state index in [1.807, 2.05) is 30.3 Å². The maximum absolute atomic E-state index is 11.6. The standard InChI is InChI=1S/C25H19ClN4O4.ClH/c1-2-33-24-12-21-19(11-22(24)30(31)32)25(17(13-27)14-28-21)29-18-8-9-23(20(26)10-18)34-15-16-6-4-3-5-7-16;/h3-12,14H,2,15H2,1H3,(H,28,29);1H. The Balaban J connectivity index is 0.00000342. The summed E-state index contributed by atoms with van der Waals surface area (Å²) in [7, 11) is 0. The van der Waals surface area contributed by atoms with Gasteiger partial charge in [-0.2, -0.15) is 5.26 Å². The van der Waals surface area contributed by atoms with Crippen molar-refractivity contribution in [3.8, 4) is 17.6 Å². The molecule has 0 saturated heterocycles. The van der Waals surface area contributed by atoms with Gasteiger partial charge in [-0.05, 0) is 30.7 Å². The Morgan fingerprint density at radius 2 is 1.89 bits per heavy atom. The summed E-state index contributed by atoms with van der Waals surface area (Å²) in [6.07, 6.45) is 1.41. The van der Waals surface area contributed by atoms with Crippen LogP contribution in [-0.4, -0.2) is 16.5 Å². The van der Waals surface area contributed by atoms with Crippen LogP contribution in [0.1, 0.15) is 18.1 Å². The summed E-state index contributed by atoms with van der Waals surface area (Å²) in [5, 5.41) is 25.2. The van der Waals surface area contributed by atoms with Gasteiger partial charge in [-0.3, -0.25) is 15.1 Å². The summed E-state index contributed by atoms with van der Waals surface area (Å²) in [6.45, 7) is 2.38. The Labute approximate surface area is 212 Å². The minimum Gasteiger partial charge on any atom is -0.487 e. The fourth-order valence-corrected chi connectivity index (χ4v) is 3.65. The van der Waals surface area contributed by atoms with Crippen LogP contribution < -0.4 is 14.8 Å². The van der Waals surface area contributed by atoms with Crippen LogP contribution in [0.2, 0.25) is 5.02 Å². The van der Waals surface area contributed by atoms with Crippen LogP contribution in [0.3, 0.4) is 0 Å². The molecule has 35 heavy (non-hydrogen) atoms. The number of nitrogens with zero attached hydrogens (tertiary/aromatic N) is 3. The second-order valence-corrected chi connectivity index (χ2v) is 7.64. The molecule has 1 aromatic heterocycles. The number of nitrogens with one attached hydrogen (secondary N) is 1. The normalized spacial score (nSPS) is 10.2. The van der Waals surface area contributed by atoms with E-state index in [-0.39, 0.29) is 36.0 Å². The zero-order valence-electron chi connectivity index (χ0n) is 18.5. The highest BCUT2D eigenvalue weighted by Gasteiger charge is 2.20. The number of nitro groups is 1. The second kappa shape index (κ2) is 11.4. The molecule has 0 aliphatic rings. The topological polar surface area (TPSA) is 110 Å². The predicted molar refractivity (Wildman–Crippen MR) is 137 cm³/mol. The van der Waals surface area contributed by atoms with Gasteiger partial charge in [0.05, 0.1) is 33.3 Å². The summed E-state index contributed by atoms with van der Waals surface area (Å²) in [5.74, 6) is 0.624. The van der Waals surface area contributed by atoms with E-state index in [2.05, 4.69) is 16.4 Å². The lowest BCUT2D eigenvalue weighted by molar-refractivity contribution is -0.385. The quantitative estimate of drug-likeness (QED) is 0.204. The smallest absolute Gasteiger partial charge is 0.311 e. The number of pyridine rings is 1. The third-order valence-corrected chi connectivity index (χ3v) is 5.30. The number of benzene rings is 3. The zero-order chi connectivity index (χ0) is 24.1. The summed E-state index contributed by atoms with van der Waals surface area (Å²) in [6, 6.07) is 19.8. The molecular weight excluding hydrogens is 491 g/mol. The van der Waals surface area contributed by atoms with Crippen LogP contribution >= 0.6 is 24.0 Å². The van der Waals surface area contributed by atoms with Crippen LogP contribution in [0.4, 0.5) is 17.1 Å². The molecule has 0 amide bonds. The van der Waals surface area contributed by atoms with Gasteiger partial charge in [0.15, 0.2) is 5.75 Å². The molecule has 10 heteroatoms. The molecule has 178 valence electrons. The van der Waals surface area contributed by atoms with Crippen LogP contribution in [0, 0.1) is 21.4 Å². The van der Waals surface area contributed by atoms with Crippen LogP contribution in [0.15, 0.2) is 66.9 Å². The number of nitriles is 1. The van der Waals surface area contributed by atoms with Gasteiger partial charge in [-0.1, -0.05) is 41.9 Å². The Morgan fingerprint density at radius 1 is 1.11 bits per heavy atom. The predicted octanol–water partition coefficient (Wildman–Crippen LogP) is 6.81. The van der Waals surface area contributed by atoms with Gasteiger partial charge in [0, 0.05) is 29.4 Å². The number of hydrogen-bond donors (Lipinski definition) is 1. The minimum absolute atomic E-state index is 0. The lowest BCUT2D eigenvalue weighted by Gasteiger charge is -2.14. The minimum atomic E-state index is -0.525. The van der Waals surface area contributed by atoms with Crippen molar-refractivity contribution in [3.63, 3.8) is 0 Å². The van der Waals surface area contributed by atoms with Crippen molar-refractivity contribution in [2.75, 3.05) is 11.9 Å². The third-order valence-electron chi connectivity index (χ3n) is 5.00. The summed E-state index contributed by atoms with van der Waals surface area (Å²) in [5.41, 5.74) is 2.44. The average molecular weight is 511 g/mol. The highest BCUT2D eigenvalue weighted by Crippen LogP contribution is 2.38. The van der Waals surface area contributed by atoms with Crippen molar-refractivity contribution < 1.29 is 14.4 Å². The first-order chi connectivity index (χ1) is 16.5. The maximum atomic E-state index is 11.6. The lowest BCUT2D eigenvalue weighted by atomic mass is 10.1. The SMILES string of the molecule is CCOc1cc2ncc(C#N)c(Nc3ccc(OCc4ccccc4)c(Cl)c3)c2cc1[N+](=O)[O-].Cl. The Bertz CT molecular complexity index is 1410. The van der Waals surface area contributed by atoms with Gasteiger partial charge in [-0.25, -0.2) is 0 Å². The largest absolute Gasteiger partial charge is 0.487 e. The van der Waals surface area contributed by atoms with Gasteiger partial charge in [0.2, 0.25) is 0 Å². The molecule has 4 rings (SSSR count). The number of rotatable bonds is 8. The number of anilines is 2. The maximum Gasteiger partial charge on any atom is 0.311 e. The van der Waals surface area contributed by atoms with E-state index in [0.717, 1.165) is 5.56 Å². The molecule has 0 spiro atoms. The molecule has 0 radical (unpaired) electrons. The van der Waals surface area contributed by atoms with E-state index < -0.39 is 4.92 Å². The number of fused-ring (bicyclic) bond motifs is 1. The molecule has 0 atom stereocenters. The van der Waals surface area contributed by atoms with Crippen molar-refractivity contribution in [3.05, 3.63) is 93.1 Å². The second-order valence-electron chi connectivity index (χ2n) is 7.23. The summed E-state index contributed by atoms with van der Waals surface area (Å²) in [4.78, 5) is 15.3. The molecule has 0 unspecified atom stereocenters. The number of hydrogen-bond acceptors (Lipinski definition) is 7. The van der Waals surface area contributed by atoms with Gasteiger partial charge >= 0.3 is 5.69 Å². The molecule has 8 nitrogen and oxygen atoms in total. The van der Waals surface area contributed by atoms with Crippen LogP contribution in [0.25, 0.3) is 10.9 Å². The van der Waals surface area contributed by atoms with Crippen molar-refractivity contribution in [1.29, 1.82) is 5.26 Å². The Kier molecular flexibility index (Phi) is 8.31. The first-order valence-electron chi connectivity index (χ1n) is 10.4. The first kappa shape index (κ1) is 25.6. The molecule has 0 fully saturated rings. The van der Waals surface area contributed by atoms with E-state index in [9.17, 15) is 15.4 Å². The number of aromatic nitrogens is 1. The molecular formula is C25H20Cl2N4O4. The fraction of sp³-hybridized carbons (Fsp3) is 0.120. The molecule has 0 aliphatic heterocycles. The van der Waals surface area contributed by atoms with Gasteiger partial charge in [0.25, 0.3) is 0 Å². The van der Waals surface area contributed by atoms with E-state index in [1.54, 1.807) is 25.1 Å². The first-order valence-corrected chi connectivity index (χ1v) is 10.7. The molecule has 0 aliphatic carbocycles. The van der Waals surface area contributed by atoms with Crippen molar-refractivity contribution in [1.82, 2.24) is 4.98 Å². The van der Waals surface area contributed by atoms with Crippen LogP contribution in [-0.2, 0) is 6.61 Å². The Morgan fingerprint density at radius 3 is 2.54 bits per heavy atom. The zero-order valence-corrected chi connectivity index (χ0v) is 20.1. The van der Waals surface area contributed by atoms with Crippen molar-refractivity contribution >= 4 is 52.0 Å². The van der Waals surface area contributed by atoms with Crippen LogP contribution in [0.5, 0.6) is 11.5 Å². The molecule has 1 N–H and O–H groups in total. The number of halogens is 2. The molecule has 1 heterocycles. The Hall–Kier alpha value is -4.06. The monoisotopic (exact) mass is 510 g/mol. The molecule has 0 bridgehead atoms. The lowest BCUT2D eigenvalue weighted by Crippen LogP contribution is -2.01. The number of ether oxygens (including phenoxy) is 2.